The third-order valence-corrected chi connectivity index (χ3v) is 3.64. The first-order valence-electron chi connectivity index (χ1n) is 7.32. The average Bonchev–Trinajstić information content (AvgIpc) is 2.98. The molecule has 120 valence electrons. The predicted molar refractivity (Wildman–Crippen MR) is 80.9 cm³/mol. The van der Waals surface area contributed by atoms with E-state index in [0.29, 0.717) is 30.2 Å². The van der Waals surface area contributed by atoms with Gasteiger partial charge >= 0.3 is 5.97 Å². The molecule has 1 fully saturated rings. The van der Waals surface area contributed by atoms with Crippen LogP contribution in [0.4, 0.5) is 5.69 Å². The largest absolute Gasteiger partial charge is 0.478 e. The number of hydrogen-bond donors (Lipinski definition) is 2. The number of carbonyl (C=O) groups is 2. The number of methoxy groups -OCH3 is 1. The molecule has 1 heterocycles. The second-order valence-electron chi connectivity index (χ2n) is 5.47. The zero-order chi connectivity index (χ0) is 15.9. The lowest BCUT2D eigenvalue weighted by Gasteiger charge is -2.10. The van der Waals surface area contributed by atoms with Gasteiger partial charge in [-0.3, -0.25) is 4.79 Å². The summed E-state index contributed by atoms with van der Waals surface area (Å²) in [7, 11) is 1.54. The summed E-state index contributed by atoms with van der Waals surface area (Å²) in [4.78, 5) is 23.1. The van der Waals surface area contributed by atoms with E-state index >= 15 is 0 Å². The van der Waals surface area contributed by atoms with Gasteiger partial charge in [-0.05, 0) is 42.5 Å². The van der Waals surface area contributed by atoms with E-state index in [1.54, 1.807) is 6.07 Å². The van der Waals surface area contributed by atoms with E-state index in [2.05, 4.69) is 5.32 Å². The zero-order valence-electron chi connectivity index (χ0n) is 12.6. The Balaban J connectivity index is 1.97. The number of anilines is 1. The molecule has 2 N–H and O–H groups in total. The molecule has 0 bridgehead atoms. The van der Waals surface area contributed by atoms with Crippen LogP contribution in [0.25, 0.3) is 0 Å². The molecule has 1 aromatic rings. The number of nitrogens with one attached hydrogen (secondary N) is 1. The molecule has 1 saturated heterocycles. The summed E-state index contributed by atoms with van der Waals surface area (Å²) in [5.41, 5.74) is 1.33. The lowest BCUT2D eigenvalue weighted by atomic mass is 10.0. The molecule has 0 aromatic heterocycles. The van der Waals surface area contributed by atoms with Crippen molar-refractivity contribution in [1.82, 2.24) is 0 Å². The highest BCUT2D eigenvalue weighted by Crippen LogP contribution is 2.20. The standard InChI is InChI=1S/C16H21NO5/c1-21-9-12-6-13(16(19)20)8-14(7-12)17-15(18)3-2-11-4-5-22-10-11/h6-8,11H,2-5,9-10H2,1H3,(H,17,18)(H,19,20). The van der Waals surface area contributed by atoms with Crippen LogP contribution in [-0.2, 0) is 20.9 Å². The summed E-state index contributed by atoms with van der Waals surface area (Å²) in [5, 5.41) is 11.9. The van der Waals surface area contributed by atoms with Crippen molar-refractivity contribution in [2.45, 2.75) is 25.9 Å². The number of aromatic carboxylic acids is 1. The maximum atomic E-state index is 12.0. The Labute approximate surface area is 129 Å². The summed E-state index contributed by atoms with van der Waals surface area (Å²) in [6, 6.07) is 4.72. The SMILES string of the molecule is COCc1cc(NC(=O)CCC2CCOC2)cc(C(=O)O)c1. The van der Waals surface area contributed by atoms with E-state index in [0.717, 1.165) is 26.1 Å². The van der Waals surface area contributed by atoms with E-state index in [-0.39, 0.29) is 11.5 Å². The van der Waals surface area contributed by atoms with E-state index in [1.807, 2.05) is 0 Å². The maximum absolute atomic E-state index is 12.0. The molecule has 1 atom stereocenters. The molecular weight excluding hydrogens is 286 g/mol. The van der Waals surface area contributed by atoms with Gasteiger partial charge in [-0.25, -0.2) is 4.79 Å². The molecule has 1 unspecified atom stereocenters. The minimum absolute atomic E-state index is 0.113. The van der Waals surface area contributed by atoms with Crippen molar-refractivity contribution in [3.8, 4) is 0 Å². The second kappa shape index (κ2) is 7.91. The van der Waals surface area contributed by atoms with Crippen LogP contribution in [0.1, 0.15) is 35.2 Å². The van der Waals surface area contributed by atoms with E-state index in [1.165, 1.54) is 19.2 Å². The number of rotatable bonds is 7. The number of benzene rings is 1. The molecule has 0 aliphatic carbocycles. The van der Waals surface area contributed by atoms with Crippen LogP contribution in [-0.4, -0.2) is 37.3 Å². The van der Waals surface area contributed by atoms with Crippen molar-refractivity contribution in [3.05, 3.63) is 29.3 Å². The highest BCUT2D eigenvalue weighted by Gasteiger charge is 2.17. The fourth-order valence-electron chi connectivity index (χ4n) is 2.51. The summed E-state index contributed by atoms with van der Waals surface area (Å²) in [6.07, 6.45) is 2.19. The van der Waals surface area contributed by atoms with Gasteiger partial charge in [0.2, 0.25) is 5.91 Å². The van der Waals surface area contributed by atoms with Crippen LogP contribution in [0.15, 0.2) is 18.2 Å². The number of hydrogen-bond acceptors (Lipinski definition) is 4. The van der Waals surface area contributed by atoms with E-state index in [4.69, 9.17) is 14.6 Å². The molecule has 6 nitrogen and oxygen atoms in total. The van der Waals surface area contributed by atoms with Gasteiger partial charge in [-0.15, -0.1) is 0 Å². The third kappa shape index (κ3) is 4.82. The molecule has 1 aliphatic rings. The quantitative estimate of drug-likeness (QED) is 0.807. The Hall–Kier alpha value is -1.92. The molecule has 1 aliphatic heterocycles. The highest BCUT2D eigenvalue weighted by atomic mass is 16.5. The highest BCUT2D eigenvalue weighted by molar-refractivity contribution is 5.94. The molecule has 0 spiro atoms. The number of carbonyl (C=O) groups excluding carboxylic acids is 1. The Bertz CT molecular complexity index is 537. The van der Waals surface area contributed by atoms with Gasteiger partial charge in [0.1, 0.15) is 0 Å². The molecule has 22 heavy (non-hydrogen) atoms. The summed E-state index contributed by atoms with van der Waals surface area (Å²) >= 11 is 0. The Kier molecular flexibility index (Phi) is 5.91. The van der Waals surface area contributed by atoms with Crippen LogP contribution < -0.4 is 5.32 Å². The predicted octanol–water partition coefficient (Wildman–Crippen LogP) is 2.29. The van der Waals surface area contributed by atoms with Crippen LogP contribution in [0.2, 0.25) is 0 Å². The molecular formula is C16H21NO5. The van der Waals surface area contributed by atoms with Crippen molar-refractivity contribution in [1.29, 1.82) is 0 Å². The fourth-order valence-corrected chi connectivity index (χ4v) is 2.51. The summed E-state index contributed by atoms with van der Waals surface area (Å²) < 4.78 is 10.3. The van der Waals surface area contributed by atoms with E-state index in [9.17, 15) is 9.59 Å². The number of carboxylic acid groups (broad SMARTS) is 1. The Morgan fingerprint density at radius 2 is 2.23 bits per heavy atom. The van der Waals surface area contributed by atoms with Crippen LogP contribution in [0.5, 0.6) is 0 Å². The van der Waals surface area contributed by atoms with Crippen molar-refractivity contribution in [2.75, 3.05) is 25.6 Å². The van der Waals surface area contributed by atoms with Gasteiger partial charge in [0.25, 0.3) is 0 Å². The van der Waals surface area contributed by atoms with Crippen molar-refractivity contribution < 1.29 is 24.2 Å². The normalized spacial score (nSPS) is 17.4. The molecule has 1 aromatic carbocycles. The lowest BCUT2D eigenvalue weighted by molar-refractivity contribution is -0.116. The van der Waals surface area contributed by atoms with Crippen molar-refractivity contribution in [3.63, 3.8) is 0 Å². The van der Waals surface area contributed by atoms with Crippen LogP contribution in [0.3, 0.4) is 0 Å². The molecule has 0 saturated carbocycles. The molecule has 1 amide bonds. The van der Waals surface area contributed by atoms with Crippen molar-refractivity contribution in [2.24, 2.45) is 5.92 Å². The minimum Gasteiger partial charge on any atom is -0.478 e. The topological polar surface area (TPSA) is 84.9 Å². The van der Waals surface area contributed by atoms with Gasteiger partial charge in [0.05, 0.1) is 12.2 Å². The summed E-state index contributed by atoms with van der Waals surface area (Å²) in [5.74, 6) is -0.700. The molecule has 0 radical (unpaired) electrons. The Morgan fingerprint density at radius 1 is 1.41 bits per heavy atom. The van der Waals surface area contributed by atoms with Gasteiger partial charge < -0.3 is 19.9 Å². The number of carboxylic acids is 1. The smallest absolute Gasteiger partial charge is 0.335 e. The maximum Gasteiger partial charge on any atom is 0.335 e. The first-order valence-corrected chi connectivity index (χ1v) is 7.32. The summed E-state index contributed by atoms with van der Waals surface area (Å²) in [6.45, 7) is 1.79. The van der Waals surface area contributed by atoms with Crippen LogP contribution >= 0.6 is 0 Å². The van der Waals surface area contributed by atoms with Gasteiger partial charge in [0.15, 0.2) is 0 Å². The number of ether oxygens (including phenoxy) is 2. The Morgan fingerprint density at radius 3 is 2.86 bits per heavy atom. The minimum atomic E-state index is -1.03. The van der Waals surface area contributed by atoms with Gasteiger partial charge in [-0.2, -0.15) is 0 Å². The first kappa shape index (κ1) is 16.5. The van der Waals surface area contributed by atoms with Gasteiger partial charge in [-0.1, -0.05) is 0 Å². The fraction of sp³-hybridized carbons (Fsp3) is 0.500. The van der Waals surface area contributed by atoms with Crippen LogP contribution in [0, 0.1) is 5.92 Å². The molecule has 2 rings (SSSR count). The zero-order valence-corrected chi connectivity index (χ0v) is 12.6. The lowest BCUT2D eigenvalue weighted by Crippen LogP contribution is -2.14. The van der Waals surface area contributed by atoms with E-state index < -0.39 is 5.97 Å². The molecule has 6 heteroatoms. The monoisotopic (exact) mass is 307 g/mol. The second-order valence-corrected chi connectivity index (χ2v) is 5.47. The third-order valence-electron chi connectivity index (χ3n) is 3.64. The average molecular weight is 307 g/mol. The first-order chi connectivity index (χ1) is 10.6. The van der Waals surface area contributed by atoms with Crippen molar-refractivity contribution >= 4 is 17.6 Å². The number of amides is 1. The van der Waals surface area contributed by atoms with Gasteiger partial charge in [0, 0.05) is 32.4 Å².